The number of aliphatic imine (C=N–C) groups is 1. The number of likely N-dealkylation sites (N-methyl/N-ethyl adjacent to an activating group) is 1. The highest BCUT2D eigenvalue weighted by molar-refractivity contribution is 8.18. The molecule has 3 rings (SSSR count). The summed E-state index contributed by atoms with van der Waals surface area (Å²) in [5.74, 6) is 0.723. The van der Waals surface area contributed by atoms with Gasteiger partial charge in [-0.15, -0.1) is 10.2 Å². The lowest BCUT2D eigenvalue weighted by molar-refractivity contribution is -0.121. The second kappa shape index (κ2) is 6.74. The largest absolute Gasteiger partial charge is 0.497 e. The van der Waals surface area contributed by atoms with Crippen molar-refractivity contribution in [2.24, 2.45) is 4.99 Å². The van der Waals surface area contributed by atoms with E-state index in [1.165, 1.54) is 23.1 Å². The van der Waals surface area contributed by atoms with Crippen LogP contribution in [0.1, 0.15) is 17.5 Å². The lowest BCUT2D eigenvalue weighted by Gasteiger charge is -2.07. The number of amides is 1. The van der Waals surface area contributed by atoms with Crippen LogP contribution < -0.4 is 4.74 Å². The Morgan fingerprint density at radius 1 is 1.25 bits per heavy atom. The van der Waals surface area contributed by atoms with Gasteiger partial charge in [0.2, 0.25) is 5.13 Å². The molecule has 0 spiro atoms. The number of thioether (sulfide) groups is 1. The topological polar surface area (TPSA) is 67.7 Å². The molecule has 1 aromatic heterocycles. The van der Waals surface area contributed by atoms with Gasteiger partial charge in [0.05, 0.1) is 12.0 Å². The fourth-order valence-electron chi connectivity index (χ4n) is 2.16. The fraction of sp³-hybridized carbons (Fsp3) is 0.250. The lowest BCUT2D eigenvalue weighted by atomic mass is 10.1. The molecule has 2 heterocycles. The van der Waals surface area contributed by atoms with Crippen molar-refractivity contribution in [3.8, 4) is 5.75 Å². The minimum Gasteiger partial charge on any atom is -0.497 e. The van der Waals surface area contributed by atoms with E-state index < -0.39 is 0 Å². The number of aryl methyl sites for hydroxylation is 1. The smallest absolute Gasteiger partial charge is 0.266 e. The van der Waals surface area contributed by atoms with Crippen molar-refractivity contribution in [1.82, 2.24) is 15.1 Å². The van der Waals surface area contributed by atoms with E-state index in [2.05, 4.69) is 15.2 Å². The summed E-state index contributed by atoms with van der Waals surface area (Å²) >= 11 is 2.75. The van der Waals surface area contributed by atoms with Crippen molar-refractivity contribution in [2.75, 3.05) is 14.2 Å². The van der Waals surface area contributed by atoms with E-state index in [-0.39, 0.29) is 5.91 Å². The van der Waals surface area contributed by atoms with Crippen LogP contribution in [0.15, 0.2) is 34.2 Å². The highest BCUT2D eigenvalue weighted by Crippen LogP contribution is 2.37. The van der Waals surface area contributed by atoms with E-state index in [9.17, 15) is 4.79 Å². The van der Waals surface area contributed by atoms with Gasteiger partial charge in [-0.1, -0.05) is 23.5 Å². The maximum atomic E-state index is 12.6. The molecule has 2 aromatic rings. The van der Waals surface area contributed by atoms with Crippen molar-refractivity contribution < 1.29 is 9.53 Å². The van der Waals surface area contributed by atoms with Gasteiger partial charge < -0.3 is 4.74 Å². The van der Waals surface area contributed by atoms with Crippen molar-refractivity contribution in [3.63, 3.8) is 0 Å². The van der Waals surface area contributed by atoms with Gasteiger partial charge in [0.1, 0.15) is 10.8 Å². The molecule has 0 atom stereocenters. The third kappa shape index (κ3) is 3.20. The van der Waals surface area contributed by atoms with Crippen LogP contribution in [-0.2, 0) is 4.79 Å². The first-order chi connectivity index (χ1) is 11.5. The highest BCUT2D eigenvalue weighted by Gasteiger charge is 2.32. The number of allylic oxidation sites excluding steroid dienone is 1. The zero-order valence-electron chi connectivity index (χ0n) is 13.7. The Kier molecular flexibility index (Phi) is 4.68. The monoisotopic (exact) mass is 360 g/mol. The average Bonchev–Trinajstić information content (AvgIpc) is 3.12. The number of carbonyl (C=O) groups excluding carboxylic acids is 1. The Balaban J connectivity index is 1.93. The molecule has 0 bridgehead atoms. The summed E-state index contributed by atoms with van der Waals surface area (Å²) in [6, 6.07) is 7.65. The highest BCUT2D eigenvalue weighted by atomic mass is 32.2. The molecule has 0 unspecified atom stereocenters. The van der Waals surface area contributed by atoms with Gasteiger partial charge in [0.15, 0.2) is 5.17 Å². The first kappa shape index (κ1) is 16.7. The summed E-state index contributed by atoms with van der Waals surface area (Å²) in [6.07, 6.45) is 0. The maximum Gasteiger partial charge on any atom is 0.266 e. The Bertz CT molecular complexity index is 840. The molecule has 1 aliphatic heterocycles. The number of nitrogens with zero attached hydrogens (tertiary/aromatic N) is 4. The van der Waals surface area contributed by atoms with E-state index in [0.29, 0.717) is 15.2 Å². The summed E-state index contributed by atoms with van der Waals surface area (Å²) in [6.45, 7) is 3.81. The minimum absolute atomic E-state index is 0.0618. The van der Waals surface area contributed by atoms with E-state index in [1.807, 2.05) is 38.1 Å². The Hall–Kier alpha value is -2.19. The molecule has 0 aliphatic carbocycles. The lowest BCUT2D eigenvalue weighted by Crippen LogP contribution is -2.23. The average molecular weight is 360 g/mol. The number of benzene rings is 1. The molecule has 8 heteroatoms. The molecular weight excluding hydrogens is 344 g/mol. The zero-order valence-corrected chi connectivity index (χ0v) is 15.4. The van der Waals surface area contributed by atoms with Crippen molar-refractivity contribution in [1.29, 1.82) is 0 Å². The minimum atomic E-state index is -0.0618. The van der Waals surface area contributed by atoms with Crippen LogP contribution >= 0.6 is 23.1 Å². The quantitative estimate of drug-likeness (QED) is 0.784. The third-order valence-electron chi connectivity index (χ3n) is 3.55. The second-order valence-electron chi connectivity index (χ2n) is 5.15. The maximum absolute atomic E-state index is 12.6. The van der Waals surface area contributed by atoms with E-state index in [1.54, 1.807) is 19.1 Å². The molecule has 124 valence electrons. The molecule has 0 radical (unpaired) electrons. The van der Waals surface area contributed by atoms with Gasteiger partial charge in [-0.3, -0.25) is 9.69 Å². The molecule has 1 saturated heterocycles. The van der Waals surface area contributed by atoms with Gasteiger partial charge in [-0.2, -0.15) is 4.99 Å². The Labute approximate surface area is 148 Å². The number of methoxy groups -OCH3 is 1. The number of hydrogen-bond donors (Lipinski definition) is 0. The number of aromatic nitrogens is 2. The Morgan fingerprint density at radius 3 is 2.54 bits per heavy atom. The van der Waals surface area contributed by atoms with E-state index >= 15 is 0 Å². The molecule has 0 saturated carbocycles. The summed E-state index contributed by atoms with van der Waals surface area (Å²) in [5, 5.41) is 9.94. The van der Waals surface area contributed by atoms with Crippen molar-refractivity contribution >= 4 is 44.9 Å². The number of amidine groups is 1. The molecular formula is C16H16N4O2S2. The standard InChI is InChI=1S/C16H16N4O2S2/c1-9(11-5-7-12(22-4)8-6-11)13-14(21)20(3)16(24-13)17-15-19-18-10(2)23-15/h5-8H,1-4H3/b13-9-,17-16+. The summed E-state index contributed by atoms with van der Waals surface area (Å²) in [5.41, 5.74) is 1.89. The third-order valence-corrected chi connectivity index (χ3v) is 5.51. The summed E-state index contributed by atoms with van der Waals surface area (Å²) in [7, 11) is 3.35. The van der Waals surface area contributed by atoms with Gasteiger partial charge in [0.25, 0.3) is 5.91 Å². The molecule has 1 aromatic carbocycles. The molecule has 1 fully saturated rings. The van der Waals surface area contributed by atoms with Crippen LogP contribution in [0.3, 0.4) is 0 Å². The molecule has 1 aliphatic rings. The SMILES string of the molecule is COc1ccc(/C(C)=C2\S/C(=N/c3nnc(C)s3)N(C)C2=O)cc1. The summed E-state index contributed by atoms with van der Waals surface area (Å²) < 4.78 is 5.17. The van der Waals surface area contributed by atoms with Crippen LogP contribution in [0.2, 0.25) is 0 Å². The first-order valence-electron chi connectivity index (χ1n) is 7.19. The predicted molar refractivity (Wildman–Crippen MR) is 97.7 cm³/mol. The molecule has 24 heavy (non-hydrogen) atoms. The van der Waals surface area contributed by atoms with E-state index in [4.69, 9.17) is 4.74 Å². The number of carbonyl (C=O) groups is 1. The van der Waals surface area contributed by atoms with Crippen LogP contribution in [-0.4, -0.2) is 40.3 Å². The predicted octanol–water partition coefficient (Wildman–Crippen LogP) is 3.48. The fourth-order valence-corrected chi connectivity index (χ4v) is 3.81. The van der Waals surface area contributed by atoms with Crippen molar-refractivity contribution in [2.45, 2.75) is 13.8 Å². The van der Waals surface area contributed by atoms with Crippen LogP contribution in [0.25, 0.3) is 5.57 Å². The van der Waals surface area contributed by atoms with Crippen LogP contribution in [0, 0.1) is 6.92 Å². The van der Waals surface area contributed by atoms with Crippen molar-refractivity contribution in [3.05, 3.63) is 39.7 Å². The molecule has 1 amide bonds. The van der Waals surface area contributed by atoms with Gasteiger partial charge >= 0.3 is 0 Å². The second-order valence-corrected chi connectivity index (χ2v) is 7.28. The van der Waals surface area contributed by atoms with Crippen LogP contribution in [0.5, 0.6) is 5.75 Å². The Morgan fingerprint density at radius 2 is 1.96 bits per heavy atom. The van der Waals surface area contributed by atoms with Gasteiger partial charge in [-0.25, -0.2) is 0 Å². The zero-order chi connectivity index (χ0) is 17.3. The number of hydrogen-bond acceptors (Lipinski definition) is 7. The van der Waals surface area contributed by atoms with Crippen LogP contribution in [0.4, 0.5) is 5.13 Å². The number of ether oxygens (including phenoxy) is 1. The first-order valence-corrected chi connectivity index (χ1v) is 8.83. The molecule has 0 N–H and O–H groups in total. The molecule has 6 nitrogen and oxygen atoms in total. The normalized spacial score (nSPS) is 18.4. The van der Waals surface area contributed by atoms with Gasteiger partial charge in [-0.05, 0) is 48.9 Å². The van der Waals surface area contributed by atoms with Gasteiger partial charge in [0, 0.05) is 7.05 Å². The summed E-state index contributed by atoms with van der Waals surface area (Å²) in [4.78, 5) is 19.2. The number of rotatable bonds is 3. The van der Waals surface area contributed by atoms with E-state index in [0.717, 1.165) is 21.9 Å².